The number of carboxylic acid groups (broad SMARTS) is 1. The molecule has 1 atom stereocenters. The first-order valence-electron chi connectivity index (χ1n) is 6.44. The lowest BCUT2D eigenvalue weighted by atomic mass is 9.93. The Morgan fingerprint density at radius 1 is 1.44 bits per heavy atom. The lowest BCUT2D eigenvalue weighted by Crippen LogP contribution is -2.13. The maximum absolute atomic E-state index is 10.9. The molecule has 0 saturated heterocycles. The summed E-state index contributed by atoms with van der Waals surface area (Å²) in [6.07, 6.45) is 2.24. The molecule has 0 bridgehead atoms. The van der Waals surface area contributed by atoms with Crippen LogP contribution in [0.25, 0.3) is 0 Å². The number of rotatable bonds is 3. The van der Waals surface area contributed by atoms with Gasteiger partial charge in [0.1, 0.15) is 0 Å². The van der Waals surface area contributed by atoms with Crippen molar-refractivity contribution in [2.45, 2.75) is 39.0 Å². The molecule has 1 aliphatic carbocycles. The molecule has 0 aromatic heterocycles. The Morgan fingerprint density at radius 2 is 2.11 bits per heavy atom. The number of benzene rings is 1. The fraction of sp³-hybridized carbons (Fsp3) is 0.533. The maximum Gasteiger partial charge on any atom is 0.303 e. The first kappa shape index (κ1) is 12.9. The third-order valence-corrected chi connectivity index (χ3v) is 3.95. The van der Waals surface area contributed by atoms with Gasteiger partial charge in [-0.15, -0.1) is 0 Å². The number of nitrogens with zero attached hydrogens (tertiary/aromatic N) is 1. The van der Waals surface area contributed by atoms with Gasteiger partial charge in [-0.05, 0) is 54.9 Å². The minimum atomic E-state index is -0.695. The van der Waals surface area contributed by atoms with E-state index in [0.29, 0.717) is 0 Å². The van der Waals surface area contributed by atoms with Crippen molar-refractivity contribution in [1.82, 2.24) is 0 Å². The van der Waals surface area contributed by atoms with Crippen molar-refractivity contribution in [3.63, 3.8) is 0 Å². The first-order valence-corrected chi connectivity index (χ1v) is 6.44. The van der Waals surface area contributed by atoms with Crippen LogP contribution in [0, 0.1) is 13.8 Å². The molecule has 1 aliphatic rings. The van der Waals surface area contributed by atoms with Crippen LogP contribution >= 0.6 is 0 Å². The Balaban J connectivity index is 2.47. The third kappa shape index (κ3) is 2.09. The Hall–Kier alpha value is -1.51. The predicted octanol–water partition coefficient (Wildman–Crippen LogP) is 2.87. The van der Waals surface area contributed by atoms with Crippen LogP contribution in [0.3, 0.4) is 0 Å². The molecule has 2 rings (SSSR count). The monoisotopic (exact) mass is 247 g/mol. The second kappa shape index (κ2) is 4.63. The minimum absolute atomic E-state index is 0.200. The van der Waals surface area contributed by atoms with E-state index in [0.717, 1.165) is 12.8 Å². The van der Waals surface area contributed by atoms with E-state index in [-0.39, 0.29) is 12.3 Å². The zero-order valence-electron chi connectivity index (χ0n) is 11.6. The van der Waals surface area contributed by atoms with Crippen molar-refractivity contribution in [1.29, 1.82) is 0 Å². The van der Waals surface area contributed by atoms with Crippen molar-refractivity contribution in [2.24, 2.45) is 0 Å². The van der Waals surface area contributed by atoms with Gasteiger partial charge in [-0.2, -0.15) is 0 Å². The van der Waals surface area contributed by atoms with Gasteiger partial charge in [-0.3, -0.25) is 4.79 Å². The molecule has 98 valence electrons. The van der Waals surface area contributed by atoms with Crippen molar-refractivity contribution >= 4 is 11.7 Å². The normalized spacial score (nSPS) is 17.7. The largest absolute Gasteiger partial charge is 0.481 e. The number of carbonyl (C=O) groups is 1. The first-order chi connectivity index (χ1) is 8.41. The van der Waals surface area contributed by atoms with Crippen LogP contribution in [-0.4, -0.2) is 25.2 Å². The van der Waals surface area contributed by atoms with Gasteiger partial charge in [0.2, 0.25) is 0 Å². The van der Waals surface area contributed by atoms with Crippen LogP contribution in [0.15, 0.2) is 6.07 Å². The van der Waals surface area contributed by atoms with Gasteiger partial charge in [0.05, 0.1) is 6.42 Å². The molecule has 1 aromatic rings. The Labute approximate surface area is 108 Å². The van der Waals surface area contributed by atoms with Gasteiger partial charge >= 0.3 is 5.97 Å². The van der Waals surface area contributed by atoms with Crippen LogP contribution in [0.1, 0.15) is 41.0 Å². The Morgan fingerprint density at radius 3 is 2.67 bits per heavy atom. The minimum Gasteiger partial charge on any atom is -0.481 e. The summed E-state index contributed by atoms with van der Waals surface area (Å²) in [5.74, 6) is -0.494. The fourth-order valence-corrected chi connectivity index (χ4v) is 3.32. The topological polar surface area (TPSA) is 40.5 Å². The van der Waals surface area contributed by atoms with Crippen LogP contribution < -0.4 is 4.90 Å². The van der Waals surface area contributed by atoms with E-state index in [4.69, 9.17) is 5.11 Å². The highest BCUT2D eigenvalue weighted by Gasteiger charge is 2.27. The van der Waals surface area contributed by atoms with E-state index in [9.17, 15) is 4.79 Å². The molecule has 1 N–H and O–H groups in total. The summed E-state index contributed by atoms with van der Waals surface area (Å²) in [6.45, 7) is 4.27. The summed E-state index contributed by atoms with van der Waals surface area (Å²) in [5, 5.41) is 8.97. The summed E-state index contributed by atoms with van der Waals surface area (Å²) >= 11 is 0. The van der Waals surface area contributed by atoms with Crippen LogP contribution in [0.2, 0.25) is 0 Å². The molecule has 3 nitrogen and oxygen atoms in total. The quantitative estimate of drug-likeness (QED) is 0.893. The molecule has 0 fully saturated rings. The summed E-state index contributed by atoms with van der Waals surface area (Å²) < 4.78 is 0. The van der Waals surface area contributed by atoms with Crippen LogP contribution in [-0.2, 0) is 11.2 Å². The van der Waals surface area contributed by atoms with Crippen LogP contribution in [0.4, 0.5) is 5.69 Å². The molecule has 0 amide bonds. The molecule has 18 heavy (non-hydrogen) atoms. The average Bonchev–Trinajstić information content (AvgIpc) is 2.60. The fourth-order valence-electron chi connectivity index (χ4n) is 3.32. The van der Waals surface area contributed by atoms with E-state index in [1.165, 1.54) is 27.9 Å². The van der Waals surface area contributed by atoms with Gasteiger partial charge in [0, 0.05) is 19.8 Å². The van der Waals surface area contributed by atoms with Crippen molar-refractivity contribution < 1.29 is 9.90 Å². The number of hydrogen-bond acceptors (Lipinski definition) is 2. The van der Waals surface area contributed by atoms with E-state index < -0.39 is 5.97 Å². The smallest absolute Gasteiger partial charge is 0.303 e. The third-order valence-electron chi connectivity index (χ3n) is 3.95. The van der Waals surface area contributed by atoms with Crippen molar-refractivity contribution in [2.75, 3.05) is 19.0 Å². The van der Waals surface area contributed by atoms with E-state index in [1.54, 1.807) is 0 Å². The Bertz CT molecular complexity index is 492. The van der Waals surface area contributed by atoms with Gasteiger partial charge < -0.3 is 10.0 Å². The number of hydrogen-bond donors (Lipinski definition) is 1. The van der Waals surface area contributed by atoms with E-state index in [2.05, 4.69) is 38.9 Å². The highest BCUT2D eigenvalue weighted by Crippen LogP contribution is 2.41. The molecule has 1 aromatic carbocycles. The summed E-state index contributed by atoms with van der Waals surface area (Å²) in [7, 11) is 4.12. The van der Waals surface area contributed by atoms with Gasteiger partial charge in [0.25, 0.3) is 0 Å². The molecule has 0 saturated carbocycles. The number of carboxylic acids is 1. The average molecular weight is 247 g/mol. The summed E-state index contributed by atoms with van der Waals surface area (Å²) in [4.78, 5) is 13.1. The molecular formula is C15H21NO2. The zero-order chi connectivity index (χ0) is 13.4. The molecule has 0 aliphatic heterocycles. The number of aliphatic carboxylic acids is 1. The second-order valence-electron chi connectivity index (χ2n) is 5.46. The van der Waals surface area contributed by atoms with Gasteiger partial charge in [-0.25, -0.2) is 0 Å². The molecular weight excluding hydrogens is 226 g/mol. The second-order valence-corrected chi connectivity index (χ2v) is 5.46. The number of fused-ring (bicyclic) bond motifs is 1. The van der Waals surface area contributed by atoms with Gasteiger partial charge in [0.15, 0.2) is 0 Å². The van der Waals surface area contributed by atoms with E-state index >= 15 is 0 Å². The molecule has 0 heterocycles. The zero-order valence-corrected chi connectivity index (χ0v) is 11.6. The van der Waals surface area contributed by atoms with Crippen LogP contribution in [0.5, 0.6) is 0 Å². The number of aryl methyl sites for hydroxylation is 1. The summed E-state index contributed by atoms with van der Waals surface area (Å²) in [5.41, 5.74) is 6.48. The highest BCUT2D eigenvalue weighted by atomic mass is 16.4. The predicted molar refractivity (Wildman–Crippen MR) is 73.6 cm³/mol. The number of anilines is 1. The SMILES string of the molecule is Cc1cc2c(c(C)c1N(C)C)CCC2CC(=O)O. The lowest BCUT2D eigenvalue weighted by Gasteiger charge is -2.22. The highest BCUT2D eigenvalue weighted by molar-refractivity contribution is 5.70. The van der Waals surface area contributed by atoms with Crippen molar-refractivity contribution in [3.05, 3.63) is 28.3 Å². The summed E-state index contributed by atoms with van der Waals surface area (Å²) in [6, 6.07) is 2.19. The maximum atomic E-state index is 10.9. The molecule has 0 radical (unpaired) electrons. The molecule has 0 spiro atoms. The van der Waals surface area contributed by atoms with Crippen molar-refractivity contribution in [3.8, 4) is 0 Å². The van der Waals surface area contributed by atoms with Gasteiger partial charge in [-0.1, -0.05) is 6.07 Å². The molecule has 1 unspecified atom stereocenters. The standard InChI is InChI=1S/C15H21NO2/c1-9-7-13-11(8-14(17)18)5-6-12(13)10(2)15(9)16(3)4/h7,11H,5-6,8H2,1-4H3,(H,17,18). The molecule has 3 heteroatoms. The Kier molecular flexibility index (Phi) is 3.33. The van der Waals surface area contributed by atoms with E-state index in [1.807, 2.05) is 0 Å². The lowest BCUT2D eigenvalue weighted by molar-refractivity contribution is -0.137.